The molecule has 0 saturated carbocycles. The molecule has 1 aromatic carbocycles. The SMILES string of the molecule is COC(=O)[C@H]1[C@@H]2C=C[C@]3(CN(c4cccc(C(F)(F)F)c4)C(=O)[C@H]13)O2. The molecule has 0 N–H and O–H groups in total. The number of halogens is 3. The first-order valence-corrected chi connectivity index (χ1v) is 7.70. The largest absolute Gasteiger partial charge is 0.469 e. The molecule has 0 unspecified atom stereocenters. The van der Waals surface area contributed by atoms with Crippen LogP contribution in [0.15, 0.2) is 36.4 Å². The second-order valence-corrected chi connectivity index (χ2v) is 6.40. The van der Waals surface area contributed by atoms with Crippen LogP contribution in [0.5, 0.6) is 0 Å². The summed E-state index contributed by atoms with van der Waals surface area (Å²) >= 11 is 0. The summed E-state index contributed by atoms with van der Waals surface area (Å²) in [5.41, 5.74) is -1.69. The Balaban J connectivity index is 1.71. The Hall–Kier alpha value is -2.35. The minimum atomic E-state index is -4.50. The van der Waals surface area contributed by atoms with E-state index in [1.54, 1.807) is 12.2 Å². The van der Waals surface area contributed by atoms with Gasteiger partial charge in [-0.25, -0.2) is 0 Å². The van der Waals surface area contributed by atoms with E-state index in [1.807, 2.05) is 0 Å². The molecule has 0 radical (unpaired) electrons. The van der Waals surface area contributed by atoms with E-state index in [1.165, 1.54) is 24.1 Å². The van der Waals surface area contributed by atoms with Crippen LogP contribution in [0.3, 0.4) is 0 Å². The quantitative estimate of drug-likeness (QED) is 0.604. The molecule has 25 heavy (non-hydrogen) atoms. The van der Waals surface area contributed by atoms with Gasteiger partial charge in [0.05, 0.1) is 31.2 Å². The zero-order valence-electron chi connectivity index (χ0n) is 13.1. The second-order valence-electron chi connectivity index (χ2n) is 6.40. The summed E-state index contributed by atoms with van der Waals surface area (Å²) in [4.78, 5) is 26.2. The van der Waals surface area contributed by atoms with E-state index >= 15 is 0 Å². The number of alkyl halides is 3. The van der Waals surface area contributed by atoms with E-state index < -0.39 is 47.2 Å². The van der Waals surface area contributed by atoms with Crippen LogP contribution in [-0.4, -0.2) is 37.2 Å². The number of amides is 1. The predicted octanol–water partition coefficient (Wildman–Crippen LogP) is 2.16. The van der Waals surface area contributed by atoms with E-state index in [2.05, 4.69) is 0 Å². The van der Waals surface area contributed by atoms with E-state index in [-0.39, 0.29) is 12.2 Å². The Morgan fingerprint density at radius 3 is 2.84 bits per heavy atom. The van der Waals surface area contributed by atoms with Gasteiger partial charge in [-0.3, -0.25) is 9.59 Å². The van der Waals surface area contributed by atoms with Crippen LogP contribution in [0.2, 0.25) is 0 Å². The maximum Gasteiger partial charge on any atom is 0.416 e. The van der Waals surface area contributed by atoms with Gasteiger partial charge in [-0.15, -0.1) is 0 Å². The number of fused-ring (bicyclic) bond motifs is 1. The first-order valence-electron chi connectivity index (χ1n) is 7.70. The maximum atomic E-state index is 12.9. The Bertz CT molecular complexity index is 790. The molecular weight excluding hydrogens is 339 g/mol. The number of anilines is 1. The summed E-state index contributed by atoms with van der Waals surface area (Å²) in [6.07, 6.45) is -1.60. The molecule has 5 nitrogen and oxygen atoms in total. The van der Waals surface area contributed by atoms with Gasteiger partial charge in [0.2, 0.25) is 5.91 Å². The number of carbonyl (C=O) groups is 2. The molecule has 3 heterocycles. The van der Waals surface area contributed by atoms with E-state index in [9.17, 15) is 22.8 Å². The van der Waals surface area contributed by atoms with E-state index in [4.69, 9.17) is 9.47 Å². The molecule has 0 aliphatic carbocycles. The monoisotopic (exact) mass is 353 g/mol. The van der Waals surface area contributed by atoms with Crippen molar-refractivity contribution in [3.8, 4) is 0 Å². The van der Waals surface area contributed by atoms with Crippen molar-refractivity contribution in [3.05, 3.63) is 42.0 Å². The number of methoxy groups -OCH3 is 1. The smallest absolute Gasteiger partial charge is 0.416 e. The standard InChI is InChI=1S/C17H14F3NO4/c1-24-15(23)12-11-5-6-16(25-11)8-21(14(22)13(12)16)10-4-2-3-9(7-10)17(18,19)20/h2-7,11-13H,8H2,1H3/t11-,12-,13-,16+/m0/s1. The molecule has 2 bridgehead atoms. The highest BCUT2D eigenvalue weighted by molar-refractivity contribution is 6.02. The summed E-state index contributed by atoms with van der Waals surface area (Å²) < 4.78 is 49.4. The lowest BCUT2D eigenvalue weighted by Crippen LogP contribution is -2.39. The fourth-order valence-corrected chi connectivity index (χ4v) is 3.97. The van der Waals surface area contributed by atoms with Crippen molar-refractivity contribution in [1.29, 1.82) is 0 Å². The number of hydrogen-bond donors (Lipinski definition) is 0. The number of rotatable bonds is 2. The maximum absolute atomic E-state index is 12.9. The third-order valence-corrected chi connectivity index (χ3v) is 5.06. The summed E-state index contributed by atoms with van der Waals surface area (Å²) in [5, 5.41) is 0. The minimum Gasteiger partial charge on any atom is -0.469 e. The van der Waals surface area contributed by atoms with Gasteiger partial charge < -0.3 is 14.4 Å². The number of carbonyl (C=O) groups excluding carboxylic acids is 2. The van der Waals surface area contributed by atoms with Crippen LogP contribution in [0, 0.1) is 11.8 Å². The van der Waals surface area contributed by atoms with Crippen LogP contribution in [0.1, 0.15) is 5.56 Å². The van der Waals surface area contributed by atoms with Crippen LogP contribution in [0.25, 0.3) is 0 Å². The van der Waals surface area contributed by atoms with Crippen molar-refractivity contribution in [2.75, 3.05) is 18.6 Å². The molecular formula is C17H14F3NO4. The number of benzene rings is 1. The highest BCUT2D eigenvalue weighted by atomic mass is 19.4. The molecule has 4 atom stereocenters. The molecule has 2 fully saturated rings. The molecule has 2 saturated heterocycles. The number of hydrogen-bond acceptors (Lipinski definition) is 4. The minimum absolute atomic E-state index is 0.0678. The number of esters is 1. The van der Waals surface area contributed by atoms with Gasteiger partial charge in [0.1, 0.15) is 11.5 Å². The predicted molar refractivity (Wildman–Crippen MR) is 79.5 cm³/mol. The summed E-state index contributed by atoms with van der Waals surface area (Å²) in [6, 6.07) is 4.57. The zero-order chi connectivity index (χ0) is 18.0. The molecule has 1 spiro atoms. The van der Waals surface area contributed by atoms with Gasteiger partial charge in [-0.1, -0.05) is 18.2 Å². The molecule has 8 heteroatoms. The average Bonchev–Trinajstić information content (AvgIpc) is 3.22. The van der Waals surface area contributed by atoms with Crippen molar-refractivity contribution in [2.45, 2.75) is 17.9 Å². The zero-order valence-corrected chi connectivity index (χ0v) is 13.1. The lowest BCUT2D eigenvalue weighted by Gasteiger charge is -2.22. The Kier molecular flexibility index (Phi) is 3.28. The van der Waals surface area contributed by atoms with Gasteiger partial charge in [-0.2, -0.15) is 13.2 Å². The fourth-order valence-electron chi connectivity index (χ4n) is 3.97. The van der Waals surface area contributed by atoms with Gasteiger partial charge in [0.15, 0.2) is 0 Å². The van der Waals surface area contributed by atoms with Crippen LogP contribution >= 0.6 is 0 Å². The third-order valence-electron chi connectivity index (χ3n) is 5.06. The molecule has 1 amide bonds. The van der Waals surface area contributed by atoms with Crippen molar-refractivity contribution >= 4 is 17.6 Å². The van der Waals surface area contributed by atoms with Gasteiger partial charge in [-0.05, 0) is 18.2 Å². The Morgan fingerprint density at radius 2 is 2.16 bits per heavy atom. The normalized spacial score (nSPS) is 33.0. The summed E-state index contributed by atoms with van der Waals surface area (Å²) in [6.45, 7) is 0.0678. The van der Waals surface area contributed by atoms with Crippen molar-refractivity contribution in [2.24, 2.45) is 11.8 Å². The summed E-state index contributed by atoms with van der Waals surface area (Å²) in [5.74, 6) is -2.55. The van der Waals surface area contributed by atoms with Crippen molar-refractivity contribution in [3.63, 3.8) is 0 Å². The van der Waals surface area contributed by atoms with Crippen LogP contribution in [0.4, 0.5) is 18.9 Å². The van der Waals surface area contributed by atoms with Gasteiger partial charge in [0, 0.05) is 5.69 Å². The first kappa shape index (κ1) is 16.1. The van der Waals surface area contributed by atoms with Crippen LogP contribution in [-0.2, 0) is 25.2 Å². The highest BCUT2D eigenvalue weighted by Gasteiger charge is 2.67. The average molecular weight is 353 g/mol. The topological polar surface area (TPSA) is 55.8 Å². The molecule has 4 rings (SSSR count). The van der Waals surface area contributed by atoms with Crippen molar-refractivity contribution < 1.29 is 32.2 Å². The van der Waals surface area contributed by atoms with Crippen molar-refractivity contribution in [1.82, 2.24) is 0 Å². The third kappa shape index (κ3) is 2.20. The number of nitrogens with zero attached hydrogens (tertiary/aromatic N) is 1. The van der Waals surface area contributed by atoms with Gasteiger partial charge in [0.25, 0.3) is 0 Å². The molecule has 132 valence electrons. The molecule has 0 aromatic heterocycles. The fraction of sp³-hybridized carbons (Fsp3) is 0.412. The first-order chi connectivity index (χ1) is 11.8. The Labute approximate surface area is 141 Å². The molecule has 1 aromatic rings. The summed E-state index contributed by atoms with van der Waals surface area (Å²) in [7, 11) is 1.23. The lowest BCUT2D eigenvalue weighted by atomic mass is 9.77. The van der Waals surface area contributed by atoms with E-state index in [0.29, 0.717) is 0 Å². The second kappa shape index (κ2) is 5.08. The lowest BCUT2D eigenvalue weighted by molar-refractivity contribution is -0.149. The van der Waals surface area contributed by atoms with E-state index in [0.717, 1.165) is 12.1 Å². The van der Waals surface area contributed by atoms with Crippen LogP contribution < -0.4 is 4.90 Å². The number of ether oxygens (including phenoxy) is 2. The molecule has 3 aliphatic heterocycles. The highest BCUT2D eigenvalue weighted by Crippen LogP contribution is 2.53. The molecule has 3 aliphatic rings. The van der Waals surface area contributed by atoms with Gasteiger partial charge >= 0.3 is 12.1 Å². The Morgan fingerprint density at radius 1 is 1.40 bits per heavy atom.